The highest BCUT2D eigenvalue weighted by molar-refractivity contribution is 5.99. The van der Waals surface area contributed by atoms with Crippen LogP contribution in [0.4, 0.5) is 0 Å². The van der Waals surface area contributed by atoms with E-state index in [4.69, 9.17) is 0 Å². The number of para-hydroxylation sites is 1. The van der Waals surface area contributed by atoms with Crippen LogP contribution in [0.1, 0.15) is 28.9 Å². The van der Waals surface area contributed by atoms with E-state index in [2.05, 4.69) is 66.0 Å². The first-order valence-corrected chi connectivity index (χ1v) is 9.71. The number of aromatic nitrogens is 1. The molecule has 1 amide bonds. The van der Waals surface area contributed by atoms with Crippen molar-refractivity contribution in [2.45, 2.75) is 25.4 Å². The summed E-state index contributed by atoms with van der Waals surface area (Å²) in [6.07, 6.45) is 2.08. The lowest BCUT2D eigenvalue weighted by molar-refractivity contribution is 0.0653. The molecule has 4 rings (SSSR count). The second kappa shape index (κ2) is 7.57. The van der Waals surface area contributed by atoms with E-state index < -0.39 is 0 Å². The van der Waals surface area contributed by atoms with Crippen LogP contribution < -0.4 is 0 Å². The van der Waals surface area contributed by atoms with Crippen molar-refractivity contribution in [1.82, 2.24) is 14.4 Å². The molecule has 0 spiro atoms. The smallest absolute Gasteiger partial charge is 0.270 e. The zero-order chi connectivity index (χ0) is 18.8. The fourth-order valence-electron chi connectivity index (χ4n) is 4.07. The summed E-state index contributed by atoms with van der Waals surface area (Å²) in [5.41, 5.74) is 3.12. The molecule has 1 fully saturated rings. The molecule has 0 saturated carbocycles. The summed E-state index contributed by atoms with van der Waals surface area (Å²) >= 11 is 0. The van der Waals surface area contributed by atoms with Gasteiger partial charge in [0.05, 0.1) is 0 Å². The molecule has 2 heterocycles. The minimum absolute atomic E-state index is 0.152. The topological polar surface area (TPSA) is 28.5 Å². The van der Waals surface area contributed by atoms with E-state index in [9.17, 15) is 4.79 Å². The Kier molecular flexibility index (Phi) is 4.99. The molecule has 4 heteroatoms. The normalized spacial score (nSPS) is 15.6. The molecule has 140 valence electrons. The molecule has 27 heavy (non-hydrogen) atoms. The van der Waals surface area contributed by atoms with Crippen LogP contribution in [0.2, 0.25) is 0 Å². The zero-order valence-electron chi connectivity index (χ0n) is 16.1. The van der Waals surface area contributed by atoms with Gasteiger partial charge in [-0.2, -0.15) is 0 Å². The van der Waals surface area contributed by atoms with Crippen LogP contribution in [-0.4, -0.2) is 53.5 Å². The van der Waals surface area contributed by atoms with Gasteiger partial charge in [-0.05, 0) is 44.6 Å². The van der Waals surface area contributed by atoms with Gasteiger partial charge in [-0.1, -0.05) is 48.5 Å². The number of rotatable bonds is 4. The highest BCUT2D eigenvalue weighted by atomic mass is 16.2. The van der Waals surface area contributed by atoms with Crippen LogP contribution in [-0.2, 0) is 6.54 Å². The molecule has 0 atom stereocenters. The third-order valence-corrected chi connectivity index (χ3v) is 5.70. The van der Waals surface area contributed by atoms with Gasteiger partial charge >= 0.3 is 0 Å². The van der Waals surface area contributed by atoms with E-state index in [-0.39, 0.29) is 5.91 Å². The van der Waals surface area contributed by atoms with Crippen LogP contribution in [0.3, 0.4) is 0 Å². The number of amides is 1. The van der Waals surface area contributed by atoms with Crippen LogP contribution in [0, 0.1) is 0 Å². The maximum atomic E-state index is 13.3. The van der Waals surface area contributed by atoms with E-state index in [1.54, 1.807) is 0 Å². The molecular formula is C23H27N3O. The summed E-state index contributed by atoms with van der Waals surface area (Å²) in [5.74, 6) is 0.152. The van der Waals surface area contributed by atoms with Crippen molar-refractivity contribution >= 4 is 16.8 Å². The first-order valence-electron chi connectivity index (χ1n) is 9.71. The van der Waals surface area contributed by atoms with E-state index in [1.165, 1.54) is 5.56 Å². The number of carbonyl (C=O) groups excluding carboxylic acids is 1. The molecule has 2 aromatic carbocycles. The van der Waals surface area contributed by atoms with E-state index in [1.807, 2.05) is 23.1 Å². The Balaban J connectivity index is 1.65. The lowest BCUT2D eigenvalue weighted by Crippen LogP contribution is -2.44. The highest BCUT2D eigenvalue weighted by Gasteiger charge is 2.27. The van der Waals surface area contributed by atoms with Crippen LogP contribution in [0.15, 0.2) is 60.7 Å². The molecule has 1 aliphatic heterocycles. The van der Waals surface area contributed by atoms with E-state index in [0.717, 1.165) is 42.5 Å². The van der Waals surface area contributed by atoms with Gasteiger partial charge in [0, 0.05) is 36.6 Å². The molecule has 1 saturated heterocycles. The summed E-state index contributed by atoms with van der Waals surface area (Å²) < 4.78 is 2.17. The fraction of sp³-hybridized carbons (Fsp3) is 0.348. The van der Waals surface area contributed by atoms with Crippen molar-refractivity contribution < 1.29 is 4.79 Å². The van der Waals surface area contributed by atoms with Crippen molar-refractivity contribution in [3.05, 3.63) is 71.9 Å². The van der Waals surface area contributed by atoms with Crippen molar-refractivity contribution in [1.29, 1.82) is 0 Å². The number of hydrogen-bond donors (Lipinski definition) is 0. The lowest BCUT2D eigenvalue weighted by atomic mass is 10.0. The molecule has 0 N–H and O–H groups in total. The van der Waals surface area contributed by atoms with Crippen molar-refractivity contribution in [2.24, 2.45) is 0 Å². The average Bonchev–Trinajstić information content (AvgIpc) is 3.07. The zero-order valence-corrected chi connectivity index (χ0v) is 16.1. The Bertz CT molecular complexity index is 921. The predicted molar refractivity (Wildman–Crippen MR) is 110 cm³/mol. The monoisotopic (exact) mass is 361 g/mol. The van der Waals surface area contributed by atoms with Gasteiger partial charge in [-0.15, -0.1) is 0 Å². The van der Waals surface area contributed by atoms with E-state index >= 15 is 0 Å². The van der Waals surface area contributed by atoms with Gasteiger partial charge < -0.3 is 14.4 Å². The van der Waals surface area contributed by atoms with Crippen molar-refractivity contribution in [3.8, 4) is 0 Å². The Hall–Kier alpha value is -2.59. The van der Waals surface area contributed by atoms with Gasteiger partial charge in [-0.25, -0.2) is 0 Å². The number of piperidine rings is 1. The SMILES string of the molecule is CN(C)C1CCN(C(=O)c2cc3ccccc3n2Cc2ccccc2)CC1. The first-order chi connectivity index (χ1) is 13.1. The highest BCUT2D eigenvalue weighted by Crippen LogP contribution is 2.24. The molecule has 3 aromatic rings. The quantitative estimate of drug-likeness (QED) is 0.706. The number of fused-ring (bicyclic) bond motifs is 1. The molecule has 1 aliphatic rings. The molecule has 0 unspecified atom stereocenters. The third kappa shape index (κ3) is 3.62. The van der Waals surface area contributed by atoms with Crippen LogP contribution in [0.5, 0.6) is 0 Å². The number of nitrogens with zero attached hydrogens (tertiary/aromatic N) is 3. The molecule has 1 aromatic heterocycles. The van der Waals surface area contributed by atoms with E-state index in [0.29, 0.717) is 12.6 Å². The molecular weight excluding hydrogens is 334 g/mol. The van der Waals surface area contributed by atoms with Crippen LogP contribution in [0.25, 0.3) is 10.9 Å². The largest absolute Gasteiger partial charge is 0.337 e. The van der Waals surface area contributed by atoms with Gasteiger partial charge in [0.25, 0.3) is 5.91 Å². The second-order valence-corrected chi connectivity index (χ2v) is 7.65. The molecule has 0 bridgehead atoms. The summed E-state index contributed by atoms with van der Waals surface area (Å²) in [7, 11) is 4.25. The van der Waals surface area contributed by atoms with Crippen molar-refractivity contribution in [2.75, 3.05) is 27.2 Å². The standard InChI is InChI=1S/C23H27N3O/c1-24(2)20-12-14-25(15-13-20)23(27)22-16-19-10-6-7-11-21(19)26(22)17-18-8-4-3-5-9-18/h3-11,16,20H,12-15,17H2,1-2H3. The Morgan fingerprint density at radius 1 is 1.00 bits per heavy atom. The number of carbonyl (C=O) groups is 1. The Morgan fingerprint density at radius 2 is 1.67 bits per heavy atom. The fourth-order valence-corrected chi connectivity index (χ4v) is 4.07. The summed E-state index contributed by atoms with van der Waals surface area (Å²) in [6, 6.07) is 21.3. The summed E-state index contributed by atoms with van der Waals surface area (Å²) in [6.45, 7) is 2.37. The van der Waals surface area contributed by atoms with Gasteiger partial charge in [0.1, 0.15) is 5.69 Å². The lowest BCUT2D eigenvalue weighted by Gasteiger charge is -2.35. The Labute approximate surface area is 161 Å². The maximum Gasteiger partial charge on any atom is 0.270 e. The summed E-state index contributed by atoms with van der Waals surface area (Å²) in [4.78, 5) is 17.6. The van der Waals surface area contributed by atoms with Gasteiger partial charge in [-0.3, -0.25) is 4.79 Å². The number of benzene rings is 2. The van der Waals surface area contributed by atoms with Crippen molar-refractivity contribution in [3.63, 3.8) is 0 Å². The second-order valence-electron chi connectivity index (χ2n) is 7.65. The Morgan fingerprint density at radius 3 is 2.37 bits per heavy atom. The molecule has 0 radical (unpaired) electrons. The first kappa shape index (κ1) is 17.8. The third-order valence-electron chi connectivity index (χ3n) is 5.70. The van der Waals surface area contributed by atoms with Gasteiger partial charge in [0.15, 0.2) is 0 Å². The number of likely N-dealkylation sites (tertiary alicyclic amines) is 1. The minimum Gasteiger partial charge on any atom is -0.337 e. The molecule has 0 aliphatic carbocycles. The maximum absolute atomic E-state index is 13.3. The van der Waals surface area contributed by atoms with Gasteiger partial charge in [0.2, 0.25) is 0 Å². The average molecular weight is 361 g/mol. The number of hydrogen-bond acceptors (Lipinski definition) is 2. The van der Waals surface area contributed by atoms with Crippen LogP contribution >= 0.6 is 0 Å². The molecule has 4 nitrogen and oxygen atoms in total. The summed E-state index contributed by atoms with van der Waals surface area (Å²) in [5, 5.41) is 1.12. The minimum atomic E-state index is 0.152. The predicted octanol–water partition coefficient (Wildman–Crippen LogP) is 3.86.